The van der Waals surface area contributed by atoms with Gasteiger partial charge in [-0.15, -0.1) is 11.7 Å². The molecule has 0 saturated heterocycles. The van der Waals surface area contributed by atoms with E-state index in [0.29, 0.717) is 18.3 Å². The van der Waals surface area contributed by atoms with Gasteiger partial charge in [-0.1, -0.05) is 48.6 Å². The molecule has 0 aliphatic carbocycles. The number of aromatic nitrogens is 3. The van der Waals surface area contributed by atoms with Gasteiger partial charge in [0.1, 0.15) is 5.82 Å². The van der Waals surface area contributed by atoms with Crippen LogP contribution in [0.4, 0.5) is 17.6 Å². The fraction of sp³-hybridized carbons (Fsp3) is 0.286. The molecular formula is C21H28F4N4O. The number of allylic oxidation sites excluding steroid dienone is 10. The number of nitrogens with zero attached hydrogens (tertiary/aromatic N) is 2. The van der Waals surface area contributed by atoms with Crippen LogP contribution < -0.4 is 5.73 Å². The monoisotopic (exact) mass is 428 g/mol. The Morgan fingerprint density at radius 3 is 2.13 bits per heavy atom. The topological polar surface area (TPSA) is 84.7 Å². The summed E-state index contributed by atoms with van der Waals surface area (Å²) in [6, 6.07) is 0. The number of hydrogen-bond donors (Lipinski definition) is 2. The van der Waals surface area contributed by atoms with E-state index in [2.05, 4.69) is 28.3 Å². The third-order valence-electron chi connectivity index (χ3n) is 2.89. The molecule has 0 atom stereocenters. The van der Waals surface area contributed by atoms with Crippen molar-refractivity contribution in [3.8, 4) is 0 Å². The van der Waals surface area contributed by atoms with Crippen molar-refractivity contribution in [3.63, 3.8) is 0 Å². The van der Waals surface area contributed by atoms with E-state index < -0.39 is 23.5 Å². The Balaban J connectivity index is 0. The van der Waals surface area contributed by atoms with E-state index in [9.17, 15) is 22.4 Å². The molecule has 0 saturated carbocycles. The summed E-state index contributed by atoms with van der Waals surface area (Å²) in [5, 5.41) is 6.30. The maximum absolute atomic E-state index is 11.9. The molecule has 0 fully saturated rings. The Hall–Kier alpha value is -3.23. The van der Waals surface area contributed by atoms with Gasteiger partial charge in [0.2, 0.25) is 5.82 Å². The summed E-state index contributed by atoms with van der Waals surface area (Å²) in [6.07, 6.45) is 6.94. The first-order valence-electron chi connectivity index (χ1n) is 8.70. The molecule has 1 rings (SSSR count). The van der Waals surface area contributed by atoms with E-state index in [1.54, 1.807) is 12.2 Å². The molecule has 0 unspecified atom stereocenters. The van der Waals surface area contributed by atoms with Crippen LogP contribution in [0.15, 0.2) is 72.7 Å². The number of halogens is 4. The van der Waals surface area contributed by atoms with Crippen LogP contribution in [0.1, 0.15) is 44.1 Å². The maximum Gasteiger partial charge on any atom is 0.412 e. The molecule has 30 heavy (non-hydrogen) atoms. The second kappa shape index (κ2) is 15.7. The average molecular weight is 428 g/mol. The predicted octanol–water partition coefficient (Wildman–Crippen LogP) is 5.70. The molecule has 1 aromatic heterocycles. The molecule has 0 aliphatic heterocycles. The lowest BCUT2D eigenvalue weighted by molar-refractivity contribution is -0.0913. The quantitative estimate of drug-likeness (QED) is 0.346. The second-order valence-electron chi connectivity index (χ2n) is 5.73. The van der Waals surface area contributed by atoms with Crippen LogP contribution in [0.2, 0.25) is 0 Å². The highest BCUT2D eigenvalue weighted by atomic mass is 19.4. The summed E-state index contributed by atoms with van der Waals surface area (Å²) in [7, 11) is 0. The van der Waals surface area contributed by atoms with Gasteiger partial charge in [0.25, 0.3) is 5.91 Å². The number of nitrogens with two attached hydrogens (primary N) is 1. The largest absolute Gasteiger partial charge is 0.412 e. The van der Waals surface area contributed by atoms with Gasteiger partial charge in [0.05, 0.1) is 5.83 Å². The normalized spacial score (nSPS) is 12.5. The number of hydrogen-bond acceptors (Lipinski definition) is 3. The Labute approximate surface area is 174 Å². The Morgan fingerprint density at radius 1 is 1.17 bits per heavy atom. The van der Waals surface area contributed by atoms with Gasteiger partial charge < -0.3 is 5.73 Å². The van der Waals surface area contributed by atoms with Crippen molar-refractivity contribution >= 4 is 5.91 Å². The van der Waals surface area contributed by atoms with Gasteiger partial charge in [0.15, 0.2) is 0 Å². The van der Waals surface area contributed by atoms with E-state index in [0.717, 1.165) is 25.5 Å². The second-order valence-corrected chi connectivity index (χ2v) is 5.73. The van der Waals surface area contributed by atoms with Crippen LogP contribution in [0.25, 0.3) is 0 Å². The lowest BCUT2D eigenvalue weighted by Gasteiger charge is -2.03. The molecule has 0 aromatic carbocycles. The van der Waals surface area contributed by atoms with Crippen LogP contribution in [-0.4, -0.2) is 27.3 Å². The molecule has 0 aliphatic rings. The van der Waals surface area contributed by atoms with Crippen molar-refractivity contribution in [1.29, 1.82) is 0 Å². The molecule has 1 heterocycles. The summed E-state index contributed by atoms with van der Waals surface area (Å²) >= 11 is 0. The average Bonchev–Trinajstić information content (AvgIpc) is 3.12. The Kier molecular flexibility index (Phi) is 15.1. The summed E-state index contributed by atoms with van der Waals surface area (Å²) in [5.41, 5.74) is 5.28. The number of aromatic amines is 1. The van der Waals surface area contributed by atoms with Gasteiger partial charge in [0, 0.05) is 12.0 Å². The third kappa shape index (κ3) is 15.8. The zero-order chi connectivity index (χ0) is 23.7. The number of carbonyl (C=O) groups excluding carboxylic acids is 1. The highest BCUT2D eigenvalue weighted by Crippen LogP contribution is 2.24. The SMILES string of the molecule is C/C(F)=C\C=C(/C)C(F)(F)F.C=C/C(C)=C\C=C/Cc1nc(C(N)=O)n[nH]1.C=CC. The molecule has 3 N–H and O–H groups in total. The van der Waals surface area contributed by atoms with Crippen molar-refractivity contribution in [2.45, 2.75) is 40.3 Å². The molecule has 5 nitrogen and oxygen atoms in total. The predicted molar refractivity (Wildman–Crippen MR) is 112 cm³/mol. The molecular weight excluding hydrogens is 400 g/mol. The van der Waals surface area contributed by atoms with Crippen LogP contribution in [0.3, 0.4) is 0 Å². The van der Waals surface area contributed by atoms with E-state index >= 15 is 0 Å². The van der Waals surface area contributed by atoms with Crippen LogP contribution in [0, 0.1) is 0 Å². The number of nitrogens with one attached hydrogen (secondary N) is 1. The number of carbonyl (C=O) groups is 1. The zero-order valence-corrected chi connectivity index (χ0v) is 17.6. The first kappa shape index (κ1) is 29.0. The number of H-pyrrole nitrogens is 1. The molecule has 9 heteroatoms. The summed E-state index contributed by atoms with van der Waals surface area (Å²) < 4.78 is 46.9. The first-order chi connectivity index (χ1) is 13.9. The van der Waals surface area contributed by atoms with Crippen molar-refractivity contribution in [3.05, 3.63) is 84.3 Å². The van der Waals surface area contributed by atoms with E-state index in [1.807, 2.05) is 32.1 Å². The smallest absolute Gasteiger partial charge is 0.363 e. The van der Waals surface area contributed by atoms with Gasteiger partial charge in [-0.05, 0) is 33.8 Å². The maximum atomic E-state index is 11.9. The number of rotatable bonds is 6. The Bertz CT molecular complexity index is 796. The highest BCUT2D eigenvalue weighted by Gasteiger charge is 2.29. The number of amides is 1. The van der Waals surface area contributed by atoms with E-state index in [4.69, 9.17) is 5.73 Å². The van der Waals surface area contributed by atoms with Crippen LogP contribution >= 0.6 is 0 Å². The van der Waals surface area contributed by atoms with Crippen molar-refractivity contribution in [1.82, 2.24) is 15.2 Å². The van der Waals surface area contributed by atoms with E-state index in [-0.39, 0.29) is 5.82 Å². The summed E-state index contributed by atoms with van der Waals surface area (Å²) in [6.45, 7) is 12.8. The van der Waals surface area contributed by atoms with Gasteiger partial charge in [-0.25, -0.2) is 9.37 Å². The highest BCUT2D eigenvalue weighted by molar-refractivity contribution is 5.88. The number of primary amides is 1. The van der Waals surface area contributed by atoms with Crippen LogP contribution in [-0.2, 0) is 6.42 Å². The standard InChI is InChI=1S/C11H14N4O.C7H8F4.C3H6/c1-3-8(2)6-4-5-7-9-13-11(10(12)16)15-14-9;1-5(7(9,10)11)3-4-6(2)8;1-3-2/h3-6H,1,7H2,2H3,(H2,12,16)(H,13,14,15);3-4H,1-2H3;3H,1H2,2H3/b5-4-,8-6-;5-3+,6-4+;. The van der Waals surface area contributed by atoms with E-state index in [1.165, 1.54) is 0 Å². The third-order valence-corrected chi connectivity index (χ3v) is 2.89. The van der Waals surface area contributed by atoms with Crippen molar-refractivity contribution in [2.75, 3.05) is 0 Å². The minimum atomic E-state index is -4.36. The van der Waals surface area contributed by atoms with Gasteiger partial charge >= 0.3 is 6.18 Å². The fourth-order valence-corrected chi connectivity index (χ4v) is 1.30. The first-order valence-corrected chi connectivity index (χ1v) is 8.70. The number of alkyl halides is 3. The molecule has 166 valence electrons. The minimum absolute atomic E-state index is 0.0150. The summed E-state index contributed by atoms with van der Waals surface area (Å²) in [5.74, 6) is -0.654. The lowest BCUT2D eigenvalue weighted by atomic mass is 10.2. The molecule has 0 spiro atoms. The molecule has 1 amide bonds. The molecule has 0 radical (unpaired) electrons. The molecule has 0 bridgehead atoms. The van der Waals surface area contributed by atoms with Gasteiger partial charge in [-0.2, -0.15) is 13.2 Å². The molecule has 1 aromatic rings. The van der Waals surface area contributed by atoms with Crippen molar-refractivity contribution < 1.29 is 22.4 Å². The lowest BCUT2D eigenvalue weighted by Crippen LogP contribution is -2.12. The fourth-order valence-electron chi connectivity index (χ4n) is 1.30. The zero-order valence-electron chi connectivity index (χ0n) is 17.6. The van der Waals surface area contributed by atoms with Gasteiger partial charge in [-0.3, -0.25) is 9.89 Å². The summed E-state index contributed by atoms with van der Waals surface area (Å²) in [4.78, 5) is 14.6. The minimum Gasteiger partial charge on any atom is -0.363 e. The van der Waals surface area contributed by atoms with Crippen molar-refractivity contribution in [2.24, 2.45) is 5.73 Å². The Morgan fingerprint density at radius 2 is 1.73 bits per heavy atom. The van der Waals surface area contributed by atoms with Crippen LogP contribution in [0.5, 0.6) is 0 Å².